The van der Waals surface area contributed by atoms with Crippen LogP contribution < -0.4 is 5.32 Å². The molecule has 0 fully saturated rings. The van der Waals surface area contributed by atoms with Crippen LogP contribution in [0.3, 0.4) is 0 Å². The van der Waals surface area contributed by atoms with E-state index in [0.29, 0.717) is 5.13 Å². The van der Waals surface area contributed by atoms with E-state index in [1.807, 2.05) is 25.1 Å². The average Bonchev–Trinajstić information content (AvgIpc) is 2.71. The highest BCUT2D eigenvalue weighted by atomic mass is 79.9. The summed E-state index contributed by atoms with van der Waals surface area (Å²) in [6, 6.07) is 5.87. The summed E-state index contributed by atoms with van der Waals surface area (Å²) in [5.41, 5.74) is 2.07. The summed E-state index contributed by atoms with van der Waals surface area (Å²) in [5, 5.41) is 13.9. The number of aromatic carboxylic acids is 1. The summed E-state index contributed by atoms with van der Waals surface area (Å²) in [5.74, 6) is -1.02. The second-order valence-electron chi connectivity index (χ2n) is 3.45. The molecule has 6 heteroatoms. The van der Waals surface area contributed by atoms with Crippen LogP contribution in [-0.2, 0) is 0 Å². The van der Waals surface area contributed by atoms with Gasteiger partial charge in [-0.3, -0.25) is 0 Å². The Balaban J connectivity index is 2.22. The number of carbonyl (C=O) groups is 1. The second kappa shape index (κ2) is 4.85. The highest BCUT2D eigenvalue weighted by Gasteiger charge is 2.09. The van der Waals surface area contributed by atoms with Gasteiger partial charge in [0.15, 0.2) is 10.8 Å². The summed E-state index contributed by atoms with van der Waals surface area (Å²) in [6.07, 6.45) is 0. The van der Waals surface area contributed by atoms with Crippen LogP contribution in [0.25, 0.3) is 0 Å². The van der Waals surface area contributed by atoms with E-state index < -0.39 is 5.97 Å². The van der Waals surface area contributed by atoms with E-state index >= 15 is 0 Å². The molecule has 1 aromatic heterocycles. The molecule has 0 bridgehead atoms. The van der Waals surface area contributed by atoms with Crippen molar-refractivity contribution in [2.75, 3.05) is 5.32 Å². The summed E-state index contributed by atoms with van der Waals surface area (Å²) >= 11 is 4.70. The highest BCUT2D eigenvalue weighted by molar-refractivity contribution is 9.10. The van der Waals surface area contributed by atoms with E-state index in [1.165, 1.54) is 16.7 Å². The molecule has 4 nitrogen and oxygen atoms in total. The Morgan fingerprint density at radius 1 is 1.53 bits per heavy atom. The molecule has 0 saturated heterocycles. The lowest BCUT2D eigenvalue weighted by Crippen LogP contribution is -1.97. The van der Waals surface area contributed by atoms with Crippen LogP contribution in [0.4, 0.5) is 10.8 Å². The average molecular weight is 313 g/mol. The molecule has 1 aromatic carbocycles. The van der Waals surface area contributed by atoms with Crippen molar-refractivity contribution in [1.82, 2.24) is 4.98 Å². The highest BCUT2D eigenvalue weighted by Crippen LogP contribution is 2.28. The first-order valence-electron chi connectivity index (χ1n) is 4.78. The summed E-state index contributed by atoms with van der Waals surface area (Å²) in [4.78, 5) is 14.6. The number of rotatable bonds is 3. The first kappa shape index (κ1) is 12.1. The van der Waals surface area contributed by atoms with E-state index in [9.17, 15) is 4.79 Å². The number of nitrogens with one attached hydrogen (secondary N) is 1. The van der Waals surface area contributed by atoms with Gasteiger partial charge in [0.2, 0.25) is 0 Å². The zero-order valence-electron chi connectivity index (χ0n) is 8.90. The Morgan fingerprint density at radius 2 is 2.29 bits per heavy atom. The van der Waals surface area contributed by atoms with Gasteiger partial charge in [0.05, 0.1) is 5.69 Å². The van der Waals surface area contributed by atoms with Gasteiger partial charge in [-0.1, -0.05) is 6.07 Å². The number of halogens is 1. The number of hydrogen-bond donors (Lipinski definition) is 2. The quantitative estimate of drug-likeness (QED) is 0.908. The molecule has 0 aliphatic rings. The van der Waals surface area contributed by atoms with Crippen molar-refractivity contribution >= 4 is 44.1 Å². The number of nitrogens with zero attached hydrogens (tertiary/aromatic N) is 1. The Labute approximate surface area is 110 Å². The number of carboxylic acids is 1. The lowest BCUT2D eigenvalue weighted by molar-refractivity contribution is 0.0691. The van der Waals surface area contributed by atoms with E-state index in [-0.39, 0.29) is 5.69 Å². The lowest BCUT2D eigenvalue weighted by Gasteiger charge is -2.05. The summed E-state index contributed by atoms with van der Waals surface area (Å²) in [6.45, 7) is 2.00. The molecule has 0 atom stereocenters. The SMILES string of the molecule is Cc1ccc(Nc2nc(C(=O)O)cs2)c(Br)c1. The van der Waals surface area contributed by atoms with Crippen LogP contribution in [0, 0.1) is 6.92 Å². The van der Waals surface area contributed by atoms with Crippen molar-refractivity contribution < 1.29 is 9.90 Å². The third-order valence-corrected chi connectivity index (χ3v) is 3.50. The Morgan fingerprint density at radius 3 is 2.88 bits per heavy atom. The molecule has 2 rings (SSSR count). The fourth-order valence-electron chi connectivity index (χ4n) is 1.27. The second-order valence-corrected chi connectivity index (χ2v) is 5.16. The third-order valence-electron chi connectivity index (χ3n) is 2.09. The Kier molecular flexibility index (Phi) is 3.44. The standard InChI is InChI=1S/C11H9BrN2O2S/c1-6-2-3-8(7(12)4-6)13-11-14-9(5-17-11)10(15)16/h2-5H,1H3,(H,13,14)(H,15,16). The fourth-order valence-corrected chi connectivity index (χ4v) is 2.56. The molecule has 0 unspecified atom stereocenters. The Hall–Kier alpha value is -1.40. The molecule has 2 N–H and O–H groups in total. The van der Waals surface area contributed by atoms with Gasteiger partial charge in [-0.05, 0) is 40.5 Å². The van der Waals surface area contributed by atoms with E-state index in [0.717, 1.165) is 15.7 Å². The van der Waals surface area contributed by atoms with Crippen molar-refractivity contribution in [2.45, 2.75) is 6.92 Å². The lowest BCUT2D eigenvalue weighted by atomic mass is 10.2. The summed E-state index contributed by atoms with van der Waals surface area (Å²) in [7, 11) is 0. The maximum Gasteiger partial charge on any atom is 0.355 e. The van der Waals surface area contributed by atoms with Gasteiger partial charge in [0.1, 0.15) is 0 Å². The first-order valence-corrected chi connectivity index (χ1v) is 6.45. The van der Waals surface area contributed by atoms with Crippen LogP contribution >= 0.6 is 27.3 Å². The van der Waals surface area contributed by atoms with Gasteiger partial charge < -0.3 is 10.4 Å². The largest absolute Gasteiger partial charge is 0.476 e. The van der Waals surface area contributed by atoms with Gasteiger partial charge >= 0.3 is 5.97 Å². The minimum absolute atomic E-state index is 0.0562. The van der Waals surface area contributed by atoms with Crippen LogP contribution in [0.2, 0.25) is 0 Å². The molecule has 88 valence electrons. The molecule has 0 aliphatic heterocycles. The Bertz CT molecular complexity index is 568. The smallest absolute Gasteiger partial charge is 0.355 e. The number of thiazole rings is 1. The van der Waals surface area contributed by atoms with Crippen LogP contribution in [0.5, 0.6) is 0 Å². The zero-order chi connectivity index (χ0) is 12.4. The minimum atomic E-state index is -1.02. The zero-order valence-corrected chi connectivity index (χ0v) is 11.3. The predicted octanol–water partition coefficient (Wildman–Crippen LogP) is 3.66. The summed E-state index contributed by atoms with van der Waals surface area (Å²) < 4.78 is 0.921. The van der Waals surface area contributed by atoms with E-state index in [4.69, 9.17) is 5.11 Å². The minimum Gasteiger partial charge on any atom is -0.476 e. The third kappa shape index (κ3) is 2.83. The van der Waals surface area contributed by atoms with Crippen molar-refractivity contribution in [2.24, 2.45) is 0 Å². The van der Waals surface area contributed by atoms with Gasteiger partial charge in [0, 0.05) is 9.85 Å². The molecule has 2 aromatic rings. The van der Waals surface area contributed by atoms with Crippen molar-refractivity contribution in [3.05, 3.63) is 39.3 Å². The van der Waals surface area contributed by atoms with Gasteiger partial charge in [-0.15, -0.1) is 11.3 Å². The van der Waals surface area contributed by atoms with Crippen molar-refractivity contribution in [3.8, 4) is 0 Å². The predicted molar refractivity (Wildman–Crippen MR) is 71.2 cm³/mol. The number of carboxylic acid groups (broad SMARTS) is 1. The number of anilines is 2. The molecule has 1 heterocycles. The number of benzene rings is 1. The number of aryl methyl sites for hydroxylation is 1. The molecular formula is C11H9BrN2O2S. The van der Waals surface area contributed by atoms with Crippen LogP contribution in [0.15, 0.2) is 28.1 Å². The van der Waals surface area contributed by atoms with Gasteiger partial charge in [-0.2, -0.15) is 0 Å². The fraction of sp³-hybridized carbons (Fsp3) is 0.0909. The molecule has 0 amide bonds. The van der Waals surface area contributed by atoms with Crippen molar-refractivity contribution in [1.29, 1.82) is 0 Å². The number of aromatic nitrogens is 1. The molecule has 0 spiro atoms. The molecule has 17 heavy (non-hydrogen) atoms. The normalized spacial score (nSPS) is 10.2. The van der Waals surface area contributed by atoms with Crippen LogP contribution in [0.1, 0.15) is 16.1 Å². The van der Waals surface area contributed by atoms with Crippen LogP contribution in [-0.4, -0.2) is 16.1 Å². The molecule has 0 saturated carbocycles. The molecular weight excluding hydrogens is 304 g/mol. The number of hydrogen-bond acceptors (Lipinski definition) is 4. The van der Waals surface area contributed by atoms with Gasteiger partial charge in [-0.25, -0.2) is 9.78 Å². The van der Waals surface area contributed by atoms with E-state index in [2.05, 4.69) is 26.2 Å². The van der Waals surface area contributed by atoms with Gasteiger partial charge in [0.25, 0.3) is 0 Å². The maximum absolute atomic E-state index is 10.7. The molecule has 0 aliphatic carbocycles. The first-order chi connectivity index (χ1) is 8.06. The monoisotopic (exact) mass is 312 g/mol. The van der Waals surface area contributed by atoms with Crippen molar-refractivity contribution in [3.63, 3.8) is 0 Å². The van der Waals surface area contributed by atoms with E-state index in [1.54, 1.807) is 0 Å². The topological polar surface area (TPSA) is 62.2 Å². The maximum atomic E-state index is 10.7. The molecule has 0 radical (unpaired) electrons.